The molecule has 0 unspecified atom stereocenters. The van der Waals surface area contributed by atoms with E-state index < -0.39 is 17.5 Å². The second-order valence-corrected chi connectivity index (χ2v) is 2.04. The number of carbonyl (C=O) groups excluding carboxylic acids is 1. The van der Waals surface area contributed by atoms with E-state index in [0.717, 1.165) is 12.1 Å². The number of aromatic hydroxyl groups is 1. The zero-order valence-corrected chi connectivity index (χ0v) is 6.23. The monoisotopic (exact) mass is 170 g/mol. The van der Waals surface area contributed by atoms with Crippen LogP contribution in [-0.4, -0.2) is 11.1 Å². The molecule has 0 aliphatic carbocycles. The van der Waals surface area contributed by atoms with Crippen LogP contribution in [0.5, 0.6) is 11.7 Å². The van der Waals surface area contributed by atoms with Gasteiger partial charge in [0, 0.05) is 6.92 Å². The molecule has 0 aliphatic rings. The molecular formula is C7H6O5. The molecule has 1 heterocycles. The van der Waals surface area contributed by atoms with Crippen molar-refractivity contribution in [3.8, 4) is 11.7 Å². The maximum atomic E-state index is 10.6. The van der Waals surface area contributed by atoms with E-state index >= 15 is 0 Å². The van der Waals surface area contributed by atoms with Gasteiger partial charge in [0.05, 0.1) is 12.1 Å². The van der Waals surface area contributed by atoms with Gasteiger partial charge in [-0.1, -0.05) is 0 Å². The highest BCUT2D eigenvalue weighted by atomic mass is 16.5. The van der Waals surface area contributed by atoms with Gasteiger partial charge in [0.1, 0.15) is 5.75 Å². The molecule has 5 nitrogen and oxygen atoms in total. The van der Waals surface area contributed by atoms with Crippen molar-refractivity contribution in [2.75, 3.05) is 0 Å². The Morgan fingerprint density at radius 1 is 1.58 bits per heavy atom. The minimum atomic E-state index is -0.772. The fraction of sp³-hybridized carbons (Fsp3) is 0.143. The Kier molecular flexibility index (Phi) is 2.14. The van der Waals surface area contributed by atoms with Crippen LogP contribution in [0.25, 0.3) is 0 Å². The Labute approximate surface area is 67.2 Å². The molecule has 1 N–H and O–H groups in total. The first-order valence-electron chi connectivity index (χ1n) is 3.10. The van der Waals surface area contributed by atoms with Crippen molar-refractivity contribution in [3.05, 3.63) is 22.6 Å². The van der Waals surface area contributed by atoms with Crippen LogP contribution >= 0.6 is 0 Å². The molecule has 0 bridgehead atoms. The molecule has 0 aliphatic heterocycles. The standard InChI is InChI=1S/C7H6O5/c1-4(8)11-5-2-6(9)12-7(10)3-5/h2-3,9H,1H3. The molecule has 1 rings (SSSR count). The van der Waals surface area contributed by atoms with Gasteiger partial charge in [0.15, 0.2) is 0 Å². The lowest BCUT2D eigenvalue weighted by molar-refractivity contribution is -0.131. The van der Waals surface area contributed by atoms with E-state index in [1.165, 1.54) is 6.92 Å². The molecule has 0 atom stereocenters. The van der Waals surface area contributed by atoms with Gasteiger partial charge in [-0.05, 0) is 0 Å². The second kappa shape index (κ2) is 3.08. The first-order valence-corrected chi connectivity index (χ1v) is 3.10. The van der Waals surface area contributed by atoms with Crippen molar-refractivity contribution in [2.45, 2.75) is 6.92 Å². The first kappa shape index (κ1) is 8.32. The summed E-state index contributed by atoms with van der Waals surface area (Å²) < 4.78 is 8.72. The van der Waals surface area contributed by atoms with Crippen LogP contribution in [0.3, 0.4) is 0 Å². The summed E-state index contributed by atoms with van der Waals surface area (Å²) >= 11 is 0. The molecule has 0 amide bonds. The molecule has 64 valence electrons. The third-order valence-corrected chi connectivity index (χ3v) is 0.993. The summed E-state index contributed by atoms with van der Waals surface area (Å²) in [4.78, 5) is 21.0. The van der Waals surface area contributed by atoms with Crippen molar-refractivity contribution < 1.29 is 19.1 Å². The fourth-order valence-electron chi connectivity index (χ4n) is 0.666. The van der Waals surface area contributed by atoms with Crippen LogP contribution in [0.2, 0.25) is 0 Å². The molecule has 0 spiro atoms. The number of esters is 1. The summed E-state index contributed by atoms with van der Waals surface area (Å²) in [6, 6.07) is 1.99. The molecule has 1 aromatic rings. The van der Waals surface area contributed by atoms with Gasteiger partial charge in [-0.15, -0.1) is 0 Å². The molecule has 1 aromatic heterocycles. The Hall–Kier alpha value is -1.78. The van der Waals surface area contributed by atoms with Gasteiger partial charge >= 0.3 is 11.6 Å². The minimum absolute atomic E-state index is 0.0312. The van der Waals surface area contributed by atoms with Gasteiger partial charge in [-0.25, -0.2) is 4.79 Å². The lowest BCUT2D eigenvalue weighted by atomic mass is 10.4. The van der Waals surface area contributed by atoms with E-state index in [-0.39, 0.29) is 5.75 Å². The third-order valence-electron chi connectivity index (χ3n) is 0.993. The molecule has 0 saturated carbocycles. The fourth-order valence-corrected chi connectivity index (χ4v) is 0.666. The number of hydrogen-bond acceptors (Lipinski definition) is 5. The van der Waals surface area contributed by atoms with Gasteiger partial charge in [-0.3, -0.25) is 4.79 Å². The molecular weight excluding hydrogens is 164 g/mol. The van der Waals surface area contributed by atoms with Crippen molar-refractivity contribution in [1.82, 2.24) is 0 Å². The number of ether oxygens (including phenoxy) is 1. The smallest absolute Gasteiger partial charge is 0.342 e. The maximum Gasteiger partial charge on any atom is 0.342 e. The lowest BCUT2D eigenvalue weighted by Gasteiger charge is -1.98. The topological polar surface area (TPSA) is 76.7 Å². The van der Waals surface area contributed by atoms with Crippen LogP contribution in [0.15, 0.2) is 21.3 Å². The largest absolute Gasteiger partial charge is 0.481 e. The minimum Gasteiger partial charge on any atom is -0.481 e. The highest BCUT2D eigenvalue weighted by Crippen LogP contribution is 2.14. The summed E-state index contributed by atoms with van der Waals surface area (Å²) in [6.45, 7) is 1.19. The van der Waals surface area contributed by atoms with Crippen LogP contribution < -0.4 is 10.4 Å². The Morgan fingerprint density at radius 2 is 2.25 bits per heavy atom. The normalized spacial score (nSPS) is 9.42. The van der Waals surface area contributed by atoms with E-state index in [1.54, 1.807) is 0 Å². The average Bonchev–Trinajstić information content (AvgIpc) is 1.81. The summed E-state index contributed by atoms with van der Waals surface area (Å²) in [7, 11) is 0. The second-order valence-electron chi connectivity index (χ2n) is 2.04. The number of hydrogen-bond donors (Lipinski definition) is 1. The summed E-state index contributed by atoms with van der Waals surface area (Å²) in [5.41, 5.74) is -0.772. The molecule has 0 saturated heterocycles. The molecule has 12 heavy (non-hydrogen) atoms. The average molecular weight is 170 g/mol. The predicted molar refractivity (Wildman–Crippen MR) is 38.0 cm³/mol. The highest BCUT2D eigenvalue weighted by molar-refractivity contribution is 5.69. The SMILES string of the molecule is CC(=O)Oc1cc(O)oc(=O)c1. The maximum absolute atomic E-state index is 10.6. The van der Waals surface area contributed by atoms with Gasteiger partial charge in [0.25, 0.3) is 5.95 Å². The van der Waals surface area contributed by atoms with E-state index in [9.17, 15) is 9.59 Å². The molecule has 5 heteroatoms. The Morgan fingerprint density at radius 3 is 2.75 bits per heavy atom. The van der Waals surface area contributed by atoms with E-state index in [0.29, 0.717) is 0 Å². The molecule has 0 aromatic carbocycles. The van der Waals surface area contributed by atoms with Crippen molar-refractivity contribution in [2.24, 2.45) is 0 Å². The van der Waals surface area contributed by atoms with Crippen LogP contribution in [0.4, 0.5) is 0 Å². The molecule has 0 radical (unpaired) electrons. The summed E-state index contributed by atoms with van der Waals surface area (Å²) in [5.74, 6) is -1.19. The summed E-state index contributed by atoms with van der Waals surface area (Å²) in [6.07, 6.45) is 0. The summed E-state index contributed by atoms with van der Waals surface area (Å²) in [5, 5.41) is 8.75. The zero-order valence-electron chi connectivity index (χ0n) is 6.23. The van der Waals surface area contributed by atoms with Crippen molar-refractivity contribution >= 4 is 5.97 Å². The third kappa shape index (κ3) is 2.12. The van der Waals surface area contributed by atoms with E-state index in [1.807, 2.05) is 0 Å². The number of rotatable bonds is 1. The van der Waals surface area contributed by atoms with Crippen molar-refractivity contribution in [3.63, 3.8) is 0 Å². The highest BCUT2D eigenvalue weighted by Gasteiger charge is 2.02. The first-order chi connectivity index (χ1) is 5.58. The van der Waals surface area contributed by atoms with E-state index in [4.69, 9.17) is 5.11 Å². The van der Waals surface area contributed by atoms with Crippen LogP contribution in [0.1, 0.15) is 6.92 Å². The van der Waals surface area contributed by atoms with Gasteiger partial charge < -0.3 is 14.3 Å². The van der Waals surface area contributed by atoms with Gasteiger partial charge in [-0.2, -0.15) is 0 Å². The number of carbonyl (C=O) groups is 1. The van der Waals surface area contributed by atoms with Gasteiger partial charge in [0.2, 0.25) is 0 Å². The van der Waals surface area contributed by atoms with Crippen LogP contribution in [0, 0.1) is 0 Å². The Balaban J connectivity index is 3.01. The zero-order chi connectivity index (χ0) is 9.14. The van der Waals surface area contributed by atoms with Crippen LogP contribution in [-0.2, 0) is 4.79 Å². The Bertz CT molecular complexity index is 351. The quantitative estimate of drug-likeness (QED) is 0.612. The van der Waals surface area contributed by atoms with E-state index in [2.05, 4.69) is 9.15 Å². The molecule has 0 fully saturated rings. The lowest BCUT2D eigenvalue weighted by Crippen LogP contribution is -2.04. The predicted octanol–water partition coefficient (Wildman–Crippen LogP) is 0.271. The van der Waals surface area contributed by atoms with Crippen molar-refractivity contribution in [1.29, 1.82) is 0 Å².